The zero-order chi connectivity index (χ0) is 20.0. The Labute approximate surface area is 173 Å². The van der Waals surface area contributed by atoms with Crippen molar-refractivity contribution in [3.05, 3.63) is 85.1 Å². The van der Waals surface area contributed by atoms with Gasteiger partial charge < -0.3 is 0 Å². The number of hydrogen-bond donors (Lipinski definition) is 0. The molecule has 3 heteroatoms. The molecule has 0 spiro atoms. The van der Waals surface area contributed by atoms with E-state index in [2.05, 4.69) is 82.9 Å². The molecule has 0 bridgehead atoms. The monoisotopic (exact) mass is 439 g/mol. The van der Waals surface area contributed by atoms with Gasteiger partial charge in [-0.2, -0.15) is 0 Å². The Balaban J connectivity index is 1.62. The van der Waals surface area contributed by atoms with Gasteiger partial charge in [-0.15, -0.1) is 0 Å². The van der Waals surface area contributed by atoms with Crippen LogP contribution in [0.25, 0.3) is 44.3 Å². The summed E-state index contributed by atoms with van der Waals surface area (Å²) < 4.78 is 7.73. The van der Waals surface area contributed by atoms with Crippen molar-refractivity contribution in [2.24, 2.45) is 0 Å². The molecule has 5 rings (SSSR count). The van der Waals surface area contributed by atoms with E-state index >= 15 is 0 Å². The Morgan fingerprint density at radius 3 is 2.28 bits per heavy atom. The molecule has 2 heterocycles. The predicted molar refractivity (Wildman–Crippen MR) is 125 cm³/mol. The SMILES string of the molecule is [CH3][Ge]([CH3])([CH3])[c]1ccc(-c2ccnc(-c3cccc4c3oc3ccccc34)c2)cc1. The first-order chi connectivity index (χ1) is 14.0. The first-order valence-corrected chi connectivity index (χ1v) is 17.3. The first-order valence-electron chi connectivity index (χ1n) is 9.98. The topological polar surface area (TPSA) is 26.0 Å². The van der Waals surface area contributed by atoms with E-state index in [0.717, 1.165) is 33.2 Å². The van der Waals surface area contributed by atoms with Gasteiger partial charge in [-0.1, -0.05) is 12.1 Å². The third-order valence-electron chi connectivity index (χ3n) is 5.52. The van der Waals surface area contributed by atoms with Crippen LogP contribution >= 0.6 is 0 Å². The average molecular weight is 438 g/mol. The van der Waals surface area contributed by atoms with Crippen LogP contribution in [-0.2, 0) is 0 Å². The van der Waals surface area contributed by atoms with Crippen LogP contribution in [0.4, 0.5) is 0 Å². The number of furan rings is 1. The molecule has 29 heavy (non-hydrogen) atoms. The molecule has 0 amide bonds. The van der Waals surface area contributed by atoms with Crippen LogP contribution in [0, 0.1) is 0 Å². The summed E-state index contributed by atoms with van der Waals surface area (Å²) in [5.41, 5.74) is 6.17. The Hall–Kier alpha value is -2.85. The molecule has 5 aromatic rings. The maximum absolute atomic E-state index is 6.20. The summed E-state index contributed by atoms with van der Waals surface area (Å²) in [7, 11) is 0. The maximum atomic E-state index is 6.20. The zero-order valence-corrected chi connectivity index (χ0v) is 19.0. The molecule has 142 valence electrons. The summed E-state index contributed by atoms with van der Waals surface area (Å²) in [6, 6.07) is 27.8. The summed E-state index contributed by atoms with van der Waals surface area (Å²) in [6.07, 6.45) is 1.89. The van der Waals surface area contributed by atoms with Crippen LogP contribution in [0.2, 0.25) is 17.3 Å². The molecule has 2 aromatic heterocycles. The van der Waals surface area contributed by atoms with Gasteiger partial charge in [-0.05, 0) is 0 Å². The van der Waals surface area contributed by atoms with Crippen LogP contribution in [-0.4, -0.2) is 18.3 Å². The number of fused-ring (bicyclic) bond motifs is 3. The summed E-state index contributed by atoms with van der Waals surface area (Å²) >= 11 is -1.80. The number of rotatable bonds is 3. The van der Waals surface area contributed by atoms with Crippen LogP contribution in [0.1, 0.15) is 0 Å². The van der Waals surface area contributed by atoms with E-state index in [1.54, 1.807) is 0 Å². The Kier molecular flexibility index (Phi) is 4.32. The molecule has 0 N–H and O–H groups in total. The Morgan fingerprint density at radius 2 is 1.48 bits per heavy atom. The molecule has 3 aromatic carbocycles. The number of aromatic nitrogens is 1. The van der Waals surface area contributed by atoms with Crippen molar-refractivity contribution in [1.82, 2.24) is 4.98 Å². The van der Waals surface area contributed by atoms with E-state index < -0.39 is 13.3 Å². The van der Waals surface area contributed by atoms with Crippen LogP contribution in [0.15, 0.2) is 89.5 Å². The number of benzene rings is 3. The third-order valence-corrected chi connectivity index (χ3v) is 9.86. The molecule has 2 nitrogen and oxygen atoms in total. The van der Waals surface area contributed by atoms with Crippen LogP contribution in [0.5, 0.6) is 0 Å². The summed E-state index contributed by atoms with van der Waals surface area (Å²) in [5.74, 6) is 7.27. The second kappa shape index (κ2) is 6.89. The van der Waals surface area contributed by atoms with Gasteiger partial charge in [-0.25, -0.2) is 0 Å². The van der Waals surface area contributed by atoms with Crippen LogP contribution < -0.4 is 4.40 Å². The quantitative estimate of drug-likeness (QED) is 0.288. The van der Waals surface area contributed by atoms with Gasteiger partial charge in [0.2, 0.25) is 0 Å². The fraction of sp³-hybridized carbons (Fsp3) is 0.115. The van der Waals surface area contributed by atoms with Crippen molar-refractivity contribution in [2.75, 3.05) is 0 Å². The molecule has 0 unspecified atom stereocenters. The van der Waals surface area contributed by atoms with E-state index in [4.69, 9.17) is 4.42 Å². The van der Waals surface area contributed by atoms with Crippen molar-refractivity contribution < 1.29 is 4.42 Å². The summed E-state index contributed by atoms with van der Waals surface area (Å²) in [6.45, 7) is 0. The second-order valence-electron chi connectivity index (χ2n) is 8.54. The van der Waals surface area contributed by atoms with Crippen molar-refractivity contribution >= 4 is 39.6 Å². The van der Waals surface area contributed by atoms with E-state index in [9.17, 15) is 0 Å². The van der Waals surface area contributed by atoms with Crippen molar-refractivity contribution in [3.8, 4) is 22.4 Å². The minimum absolute atomic E-state index is 0.898. The zero-order valence-electron chi connectivity index (χ0n) is 16.9. The summed E-state index contributed by atoms with van der Waals surface area (Å²) in [4.78, 5) is 4.66. The van der Waals surface area contributed by atoms with Crippen molar-refractivity contribution in [2.45, 2.75) is 17.3 Å². The van der Waals surface area contributed by atoms with Gasteiger partial charge in [-0.3, -0.25) is 0 Å². The predicted octanol–water partition coefficient (Wildman–Crippen LogP) is 6.86. The minimum atomic E-state index is -1.80. The van der Waals surface area contributed by atoms with E-state index in [1.807, 2.05) is 24.4 Å². The average Bonchev–Trinajstić information content (AvgIpc) is 3.12. The standard InChI is InChI=1S/C26H23GeNO/c1-27(2,3)20-13-11-18(12-14-20)19-15-16-28-24(17-19)23-9-6-8-22-21-7-4-5-10-25(21)29-26(22)23/h4-17H,1-3H3. The molecule has 0 aliphatic rings. The van der Waals surface area contributed by atoms with Crippen molar-refractivity contribution in [1.29, 1.82) is 0 Å². The normalized spacial score (nSPS) is 12.0. The molecule has 0 aliphatic carbocycles. The number of nitrogens with zero attached hydrogens (tertiary/aromatic N) is 1. The second-order valence-corrected chi connectivity index (χ2v) is 19.2. The first kappa shape index (κ1) is 18.2. The van der Waals surface area contributed by atoms with E-state index in [1.165, 1.54) is 15.5 Å². The van der Waals surface area contributed by atoms with Gasteiger partial charge in [0.15, 0.2) is 0 Å². The molecule has 0 fully saturated rings. The van der Waals surface area contributed by atoms with Gasteiger partial charge in [0, 0.05) is 0 Å². The summed E-state index contributed by atoms with van der Waals surface area (Å²) in [5, 5.41) is 2.27. The molecular weight excluding hydrogens is 415 g/mol. The van der Waals surface area contributed by atoms with Gasteiger partial charge in [0.25, 0.3) is 0 Å². The van der Waals surface area contributed by atoms with Crippen LogP contribution in [0.3, 0.4) is 0 Å². The van der Waals surface area contributed by atoms with E-state index in [0.29, 0.717) is 0 Å². The Bertz CT molecular complexity index is 1330. The fourth-order valence-electron chi connectivity index (χ4n) is 3.87. The molecule has 0 saturated carbocycles. The van der Waals surface area contributed by atoms with Crippen molar-refractivity contribution in [3.63, 3.8) is 0 Å². The van der Waals surface area contributed by atoms with Gasteiger partial charge in [0.05, 0.1) is 0 Å². The molecule has 0 atom stereocenters. The molecule has 0 aliphatic heterocycles. The van der Waals surface area contributed by atoms with Gasteiger partial charge in [0.1, 0.15) is 0 Å². The number of para-hydroxylation sites is 2. The number of hydrogen-bond acceptors (Lipinski definition) is 2. The molecule has 0 radical (unpaired) electrons. The fourth-order valence-corrected chi connectivity index (χ4v) is 6.32. The number of pyridine rings is 1. The Morgan fingerprint density at radius 1 is 0.724 bits per heavy atom. The molecular formula is C26H23GeNO. The molecule has 0 saturated heterocycles. The third kappa shape index (κ3) is 3.28. The van der Waals surface area contributed by atoms with E-state index in [-0.39, 0.29) is 0 Å². The van der Waals surface area contributed by atoms with Gasteiger partial charge >= 0.3 is 162 Å².